The summed E-state index contributed by atoms with van der Waals surface area (Å²) in [6, 6.07) is 5.86. The van der Waals surface area contributed by atoms with E-state index in [4.69, 9.17) is 12.2 Å². The van der Waals surface area contributed by atoms with E-state index in [2.05, 4.69) is 16.2 Å². The number of nitro groups is 1. The van der Waals surface area contributed by atoms with Crippen LogP contribution in [-0.4, -0.2) is 10.0 Å². The summed E-state index contributed by atoms with van der Waals surface area (Å²) in [5.41, 5.74) is 1.16. The van der Waals surface area contributed by atoms with Gasteiger partial charge in [0.15, 0.2) is 5.11 Å². The number of nitrogens with zero attached hydrogens (tertiary/aromatic N) is 1. The second-order valence-electron chi connectivity index (χ2n) is 5.27. The van der Waals surface area contributed by atoms with Crippen LogP contribution in [0.5, 0.6) is 0 Å². The molecule has 0 radical (unpaired) electrons. The first-order chi connectivity index (χ1) is 12.9. The van der Waals surface area contributed by atoms with Crippen molar-refractivity contribution in [3.8, 4) is 0 Å². The van der Waals surface area contributed by atoms with Crippen molar-refractivity contribution in [2.45, 2.75) is 12.4 Å². The summed E-state index contributed by atoms with van der Waals surface area (Å²) in [6.45, 7) is 0. The highest BCUT2D eigenvalue weighted by Gasteiger charge is 2.33. The summed E-state index contributed by atoms with van der Waals surface area (Å²) in [6.07, 6.45) is -9.33. The molecule has 0 fully saturated rings. The molecule has 0 aliphatic carbocycles. The van der Waals surface area contributed by atoms with Gasteiger partial charge in [0.2, 0.25) is 0 Å². The Kier molecular flexibility index (Phi) is 5.97. The van der Waals surface area contributed by atoms with Crippen LogP contribution in [0.3, 0.4) is 0 Å². The monoisotopic (exact) mass is 424 g/mol. The number of alkyl halides is 6. The Bertz CT molecular complexity index is 901. The molecule has 0 unspecified atom stereocenters. The van der Waals surface area contributed by atoms with Gasteiger partial charge in [-0.2, -0.15) is 26.3 Å². The molecule has 2 aromatic carbocycles. The van der Waals surface area contributed by atoms with E-state index in [1.54, 1.807) is 0 Å². The van der Waals surface area contributed by atoms with E-state index in [0.29, 0.717) is 12.1 Å². The maximum Gasteiger partial charge on any atom is 0.416 e. The average molecular weight is 424 g/mol. The summed E-state index contributed by atoms with van der Waals surface area (Å²) in [5, 5.41) is 13.1. The SMILES string of the molecule is O=[N+]([O-])c1cc(C(F)(F)F)ccc1NNC(=S)Nc1cccc(C(F)(F)F)c1. The predicted octanol–water partition coefficient (Wildman–Crippen LogP) is 4.95. The van der Waals surface area contributed by atoms with Gasteiger partial charge in [-0.15, -0.1) is 0 Å². The van der Waals surface area contributed by atoms with Gasteiger partial charge in [0.25, 0.3) is 5.69 Å². The Morgan fingerprint density at radius 1 is 0.964 bits per heavy atom. The number of hydrazine groups is 1. The lowest BCUT2D eigenvalue weighted by atomic mass is 10.1. The fraction of sp³-hybridized carbons (Fsp3) is 0.133. The molecule has 150 valence electrons. The van der Waals surface area contributed by atoms with Crippen LogP contribution in [0.15, 0.2) is 42.5 Å². The number of anilines is 2. The molecule has 6 nitrogen and oxygen atoms in total. The molecule has 28 heavy (non-hydrogen) atoms. The van der Waals surface area contributed by atoms with Crippen LogP contribution in [0.2, 0.25) is 0 Å². The van der Waals surface area contributed by atoms with E-state index in [1.165, 1.54) is 6.07 Å². The molecule has 0 aliphatic rings. The molecule has 0 aromatic heterocycles. The molecule has 0 saturated carbocycles. The Labute approximate surface area is 158 Å². The minimum atomic E-state index is -4.77. The van der Waals surface area contributed by atoms with E-state index in [0.717, 1.165) is 24.3 Å². The summed E-state index contributed by atoms with van der Waals surface area (Å²) in [4.78, 5) is 9.96. The molecule has 0 heterocycles. The average Bonchev–Trinajstić information content (AvgIpc) is 2.58. The van der Waals surface area contributed by atoms with E-state index in [1.807, 2.05) is 0 Å². The Morgan fingerprint density at radius 2 is 1.57 bits per heavy atom. The zero-order chi connectivity index (χ0) is 21.1. The number of hydrogen-bond acceptors (Lipinski definition) is 4. The van der Waals surface area contributed by atoms with Gasteiger partial charge >= 0.3 is 12.4 Å². The molecule has 0 amide bonds. The van der Waals surface area contributed by atoms with Crippen molar-refractivity contribution in [3.63, 3.8) is 0 Å². The van der Waals surface area contributed by atoms with Gasteiger partial charge in [-0.25, -0.2) is 0 Å². The summed E-state index contributed by atoms with van der Waals surface area (Å²) < 4.78 is 76.0. The lowest BCUT2D eigenvalue weighted by Gasteiger charge is -2.15. The van der Waals surface area contributed by atoms with Crippen molar-refractivity contribution in [1.82, 2.24) is 5.43 Å². The Morgan fingerprint density at radius 3 is 2.14 bits per heavy atom. The lowest BCUT2D eigenvalue weighted by molar-refractivity contribution is -0.384. The largest absolute Gasteiger partial charge is 0.416 e. The second-order valence-corrected chi connectivity index (χ2v) is 5.68. The minimum absolute atomic E-state index is 0.0176. The standard InChI is InChI=1S/C15H10F6N4O2S/c16-14(17,18)8-2-1-3-10(6-8)22-13(28)24-23-11-5-4-9(15(19,20)21)7-12(11)25(26)27/h1-7,23H,(H2,22,24,28). The smallest absolute Gasteiger partial charge is 0.331 e. The molecule has 0 bridgehead atoms. The fourth-order valence-electron chi connectivity index (χ4n) is 2.02. The van der Waals surface area contributed by atoms with E-state index in [9.17, 15) is 36.5 Å². The molecule has 2 rings (SSSR count). The first kappa shape index (κ1) is 21.2. The maximum atomic E-state index is 12.7. The quantitative estimate of drug-likeness (QED) is 0.279. The highest BCUT2D eigenvalue weighted by Crippen LogP contribution is 2.34. The number of nitro benzene ring substituents is 1. The van der Waals surface area contributed by atoms with Gasteiger partial charge in [-0.1, -0.05) is 6.07 Å². The molecular formula is C15H10F6N4O2S. The molecule has 0 saturated heterocycles. The fourth-order valence-corrected chi connectivity index (χ4v) is 2.19. The number of benzene rings is 2. The zero-order valence-electron chi connectivity index (χ0n) is 13.5. The molecule has 0 atom stereocenters. The van der Waals surface area contributed by atoms with Crippen LogP contribution in [0.1, 0.15) is 11.1 Å². The van der Waals surface area contributed by atoms with Crippen LogP contribution in [-0.2, 0) is 12.4 Å². The number of hydrogen-bond donors (Lipinski definition) is 3. The van der Waals surface area contributed by atoms with Gasteiger partial charge < -0.3 is 5.32 Å². The van der Waals surface area contributed by atoms with Gasteiger partial charge in [-0.3, -0.25) is 21.0 Å². The first-order valence-corrected chi connectivity index (χ1v) is 7.64. The molecule has 13 heteroatoms. The molecule has 0 aliphatic heterocycles. The highest BCUT2D eigenvalue weighted by molar-refractivity contribution is 7.80. The maximum absolute atomic E-state index is 12.7. The van der Waals surface area contributed by atoms with Crippen molar-refractivity contribution in [2.75, 3.05) is 10.7 Å². The van der Waals surface area contributed by atoms with Gasteiger partial charge in [-0.05, 0) is 42.5 Å². The van der Waals surface area contributed by atoms with Crippen LogP contribution >= 0.6 is 12.2 Å². The Hall–Kier alpha value is -3.09. The van der Waals surface area contributed by atoms with E-state index >= 15 is 0 Å². The van der Waals surface area contributed by atoms with Crippen LogP contribution in [0.25, 0.3) is 0 Å². The van der Waals surface area contributed by atoms with E-state index < -0.39 is 34.1 Å². The molecule has 3 N–H and O–H groups in total. The number of thiocarbonyl (C=S) groups is 1. The van der Waals surface area contributed by atoms with Crippen LogP contribution in [0.4, 0.5) is 43.4 Å². The second kappa shape index (κ2) is 7.88. The van der Waals surface area contributed by atoms with Crippen molar-refractivity contribution in [2.24, 2.45) is 0 Å². The molecular weight excluding hydrogens is 414 g/mol. The number of rotatable bonds is 4. The van der Waals surface area contributed by atoms with Crippen molar-refractivity contribution in [3.05, 3.63) is 63.7 Å². The van der Waals surface area contributed by atoms with Crippen molar-refractivity contribution < 1.29 is 31.3 Å². The molecule has 2 aromatic rings. The van der Waals surface area contributed by atoms with Gasteiger partial charge in [0.1, 0.15) is 5.69 Å². The van der Waals surface area contributed by atoms with Crippen molar-refractivity contribution in [1.29, 1.82) is 0 Å². The van der Waals surface area contributed by atoms with Gasteiger partial charge in [0, 0.05) is 11.8 Å². The summed E-state index contributed by atoms with van der Waals surface area (Å²) >= 11 is 4.85. The Balaban J connectivity index is 2.10. The first-order valence-electron chi connectivity index (χ1n) is 7.24. The summed E-state index contributed by atoms with van der Waals surface area (Å²) in [5.74, 6) is 0. The molecule has 0 spiro atoms. The highest BCUT2D eigenvalue weighted by atomic mass is 32.1. The van der Waals surface area contributed by atoms with Crippen LogP contribution < -0.4 is 16.2 Å². The third kappa shape index (κ3) is 5.45. The number of nitrogens with one attached hydrogen (secondary N) is 3. The zero-order valence-corrected chi connectivity index (χ0v) is 14.3. The van der Waals surface area contributed by atoms with Gasteiger partial charge in [0.05, 0.1) is 16.1 Å². The topological polar surface area (TPSA) is 79.2 Å². The lowest BCUT2D eigenvalue weighted by Crippen LogP contribution is -2.33. The third-order valence-corrected chi connectivity index (χ3v) is 3.48. The third-order valence-electron chi connectivity index (χ3n) is 3.28. The number of halogens is 6. The summed E-state index contributed by atoms with van der Waals surface area (Å²) in [7, 11) is 0. The van der Waals surface area contributed by atoms with E-state index in [-0.39, 0.29) is 16.5 Å². The normalized spacial score (nSPS) is 11.6. The predicted molar refractivity (Wildman–Crippen MR) is 92.5 cm³/mol. The van der Waals surface area contributed by atoms with Crippen molar-refractivity contribution >= 4 is 34.4 Å². The van der Waals surface area contributed by atoms with Crippen LogP contribution in [0, 0.1) is 10.1 Å². The minimum Gasteiger partial charge on any atom is -0.331 e.